The lowest BCUT2D eigenvalue weighted by Gasteiger charge is -2.43. The van der Waals surface area contributed by atoms with Crippen molar-refractivity contribution in [1.29, 1.82) is 0 Å². The minimum Gasteiger partial charge on any atom is -0.354 e. The second-order valence-corrected chi connectivity index (χ2v) is 6.70. The molecule has 0 bridgehead atoms. The van der Waals surface area contributed by atoms with Crippen molar-refractivity contribution >= 4 is 33.3 Å². The molecule has 3 rings (SSSR count). The lowest BCUT2D eigenvalue weighted by Crippen LogP contribution is -2.55. The van der Waals surface area contributed by atoms with E-state index in [-0.39, 0.29) is 0 Å². The molecule has 1 aliphatic heterocycles. The van der Waals surface area contributed by atoms with E-state index in [2.05, 4.69) is 59.4 Å². The zero-order valence-corrected chi connectivity index (χ0v) is 13.9. The Morgan fingerprint density at radius 3 is 2.67 bits per heavy atom. The van der Waals surface area contributed by atoms with Crippen LogP contribution in [0.2, 0.25) is 0 Å². The van der Waals surface area contributed by atoms with Crippen molar-refractivity contribution in [2.75, 3.05) is 36.9 Å². The van der Waals surface area contributed by atoms with Gasteiger partial charge in [0.1, 0.15) is 10.6 Å². The normalized spacial score (nSPS) is 23.7. The number of aromatic nitrogens is 2. The first-order valence-corrected chi connectivity index (χ1v) is 8.44. The van der Waals surface area contributed by atoms with E-state index in [0.717, 1.165) is 36.2 Å². The Labute approximate surface area is 130 Å². The third-order valence-corrected chi connectivity index (χ3v) is 5.11. The number of fused-ring (bicyclic) bond motifs is 1. The third kappa shape index (κ3) is 2.70. The number of piperazine rings is 1. The van der Waals surface area contributed by atoms with Gasteiger partial charge in [-0.15, -0.1) is 11.3 Å². The van der Waals surface area contributed by atoms with E-state index in [1.807, 2.05) is 0 Å². The van der Waals surface area contributed by atoms with E-state index in [0.29, 0.717) is 12.1 Å². The summed E-state index contributed by atoms with van der Waals surface area (Å²) in [6.07, 6.45) is 0. The second kappa shape index (κ2) is 5.77. The molecule has 1 fully saturated rings. The summed E-state index contributed by atoms with van der Waals surface area (Å²) in [5, 5.41) is 6.52. The lowest BCUT2D eigenvalue weighted by molar-refractivity contribution is 0.170. The maximum atomic E-state index is 4.77. The lowest BCUT2D eigenvalue weighted by atomic mass is 10.1. The van der Waals surface area contributed by atoms with E-state index >= 15 is 0 Å². The standard InChI is InChI=1S/C15H23N5S/c1-5-16-15-17-13(12-6-7-21-14(12)18-15)20-8-10(2)19(4)11(3)9-20/h6-7,10-11H,5,8-9H2,1-4H3,(H,16,17,18). The molecule has 114 valence electrons. The summed E-state index contributed by atoms with van der Waals surface area (Å²) in [7, 11) is 2.21. The molecule has 2 aromatic rings. The number of hydrogen-bond acceptors (Lipinski definition) is 6. The second-order valence-electron chi connectivity index (χ2n) is 5.81. The fourth-order valence-electron chi connectivity index (χ4n) is 2.90. The highest BCUT2D eigenvalue weighted by atomic mass is 32.1. The van der Waals surface area contributed by atoms with Gasteiger partial charge in [-0.3, -0.25) is 4.90 Å². The topological polar surface area (TPSA) is 44.3 Å². The summed E-state index contributed by atoms with van der Waals surface area (Å²) < 4.78 is 0. The highest BCUT2D eigenvalue weighted by molar-refractivity contribution is 7.16. The molecule has 0 saturated carbocycles. The molecular weight excluding hydrogens is 282 g/mol. The van der Waals surface area contributed by atoms with Crippen molar-refractivity contribution in [2.45, 2.75) is 32.9 Å². The molecule has 0 spiro atoms. The Hall–Kier alpha value is -1.40. The first kappa shape index (κ1) is 14.5. The van der Waals surface area contributed by atoms with Crippen LogP contribution in [0, 0.1) is 0 Å². The number of nitrogens with one attached hydrogen (secondary N) is 1. The number of hydrogen-bond donors (Lipinski definition) is 1. The van der Waals surface area contributed by atoms with Gasteiger partial charge in [-0.1, -0.05) is 0 Å². The van der Waals surface area contributed by atoms with Crippen molar-refractivity contribution in [1.82, 2.24) is 14.9 Å². The van der Waals surface area contributed by atoms with Gasteiger partial charge in [-0.05, 0) is 39.3 Å². The summed E-state index contributed by atoms with van der Waals surface area (Å²) in [5.41, 5.74) is 0. The molecule has 1 aliphatic rings. The van der Waals surface area contributed by atoms with Crippen LogP contribution in [0.5, 0.6) is 0 Å². The van der Waals surface area contributed by atoms with Gasteiger partial charge in [0.25, 0.3) is 0 Å². The van der Waals surface area contributed by atoms with Crippen LogP contribution in [0.15, 0.2) is 11.4 Å². The van der Waals surface area contributed by atoms with Crippen LogP contribution in [-0.2, 0) is 0 Å². The monoisotopic (exact) mass is 305 g/mol. The summed E-state index contributed by atoms with van der Waals surface area (Å²) >= 11 is 1.68. The highest BCUT2D eigenvalue weighted by Gasteiger charge is 2.28. The number of nitrogens with zero attached hydrogens (tertiary/aromatic N) is 4. The number of likely N-dealkylation sites (N-methyl/N-ethyl adjacent to an activating group) is 1. The predicted molar refractivity (Wildman–Crippen MR) is 90.5 cm³/mol. The van der Waals surface area contributed by atoms with E-state index in [1.165, 1.54) is 5.39 Å². The summed E-state index contributed by atoms with van der Waals surface area (Å²) in [6, 6.07) is 3.19. The molecule has 0 aromatic carbocycles. The van der Waals surface area contributed by atoms with Crippen molar-refractivity contribution in [3.8, 4) is 0 Å². The molecular formula is C15H23N5S. The number of rotatable bonds is 3. The number of thiophene rings is 1. The van der Waals surface area contributed by atoms with Crippen molar-refractivity contribution in [3.05, 3.63) is 11.4 Å². The van der Waals surface area contributed by atoms with Crippen LogP contribution < -0.4 is 10.2 Å². The van der Waals surface area contributed by atoms with Gasteiger partial charge in [0, 0.05) is 31.7 Å². The van der Waals surface area contributed by atoms with Crippen LogP contribution >= 0.6 is 11.3 Å². The molecule has 6 heteroatoms. The Bertz CT molecular complexity index is 614. The van der Waals surface area contributed by atoms with Crippen molar-refractivity contribution in [2.24, 2.45) is 0 Å². The molecule has 0 aliphatic carbocycles. The zero-order valence-electron chi connectivity index (χ0n) is 13.1. The molecule has 0 radical (unpaired) electrons. The van der Waals surface area contributed by atoms with Gasteiger partial charge in [-0.25, -0.2) is 4.98 Å². The largest absolute Gasteiger partial charge is 0.354 e. The van der Waals surface area contributed by atoms with E-state index < -0.39 is 0 Å². The predicted octanol–water partition coefficient (Wildman–Crippen LogP) is 2.65. The Morgan fingerprint density at radius 2 is 2.00 bits per heavy atom. The van der Waals surface area contributed by atoms with Gasteiger partial charge in [0.15, 0.2) is 0 Å². The van der Waals surface area contributed by atoms with Crippen molar-refractivity contribution in [3.63, 3.8) is 0 Å². The molecule has 2 aromatic heterocycles. The fourth-order valence-corrected chi connectivity index (χ4v) is 3.65. The van der Waals surface area contributed by atoms with Crippen LogP contribution in [0.1, 0.15) is 20.8 Å². The van der Waals surface area contributed by atoms with Gasteiger partial charge >= 0.3 is 0 Å². The summed E-state index contributed by atoms with van der Waals surface area (Å²) in [4.78, 5) is 15.3. The number of anilines is 2. The van der Waals surface area contributed by atoms with Gasteiger partial charge in [0.05, 0.1) is 5.39 Å². The average molecular weight is 305 g/mol. The first-order chi connectivity index (χ1) is 10.1. The first-order valence-electron chi connectivity index (χ1n) is 7.56. The van der Waals surface area contributed by atoms with Crippen LogP contribution in [-0.4, -0.2) is 53.6 Å². The molecule has 0 amide bonds. The van der Waals surface area contributed by atoms with Gasteiger partial charge in [-0.2, -0.15) is 4.98 Å². The highest BCUT2D eigenvalue weighted by Crippen LogP contribution is 2.31. The van der Waals surface area contributed by atoms with E-state index in [9.17, 15) is 0 Å². The molecule has 1 N–H and O–H groups in total. The molecule has 2 unspecified atom stereocenters. The maximum Gasteiger partial charge on any atom is 0.226 e. The molecule has 1 saturated heterocycles. The van der Waals surface area contributed by atoms with E-state index in [1.54, 1.807) is 11.3 Å². The molecule has 2 atom stereocenters. The van der Waals surface area contributed by atoms with Gasteiger partial charge < -0.3 is 10.2 Å². The fraction of sp³-hybridized carbons (Fsp3) is 0.600. The minimum absolute atomic E-state index is 0.528. The Balaban J connectivity index is 2.00. The summed E-state index contributed by atoms with van der Waals surface area (Å²) in [6.45, 7) is 9.48. The van der Waals surface area contributed by atoms with Crippen LogP contribution in [0.3, 0.4) is 0 Å². The van der Waals surface area contributed by atoms with Crippen LogP contribution in [0.4, 0.5) is 11.8 Å². The van der Waals surface area contributed by atoms with Gasteiger partial charge in [0.2, 0.25) is 5.95 Å². The quantitative estimate of drug-likeness (QED) is 0.944. The Kier molecular flexibility index (Phi) is 3.99. The maximum absolute atomic E-state index is 4.77. The molecule has 5 nitrogen and oxygen atoms in total. The molecule has 3 heterocycles. The minimum atomic E-state index is 0.528. The molecule has 21 heavy (non-hydrogen) atoms. The van der Waals surface area contributed by atoms with Crippen molar-refractivity contribution < 1.29 is 0 Å². The smallest absolute Gasteiger partial charge is 0.226 e. The zero-order chi connectivity index (χ0) is 15.0. The van der Waals surface area contributed by atoms with E-state index in [4.69, 9.17) is 4.98 Å². The SMILES string of the molecule is CCNc1nc(N2CC(C)N(C)C(C)C2)c2ccsc2n1. The third-order valence-electron chi connectivity index (χ3n) is 4.30. The van der Waals surface area contributed by atoms with Crippen LogP contribution in [0.25, 0.3) is 10.2 Å². The Morgan fingerprint density at radius 1 is 1.29 bits per heavy atom. The average Bonchev–Trinajstić information content (AvgIpc) is 2.92. The summed E-state index contributed by atoms with van der Waals surface area (Å²) in [5.74, 6) is 1.81.